The van der Waals surface area contributed by atoms with Crippen molar-refractivity contribution in [1.29, 1.82) is 0 Å². The molecule has 1 aromatic carbocycles. The van der Waals surface area contributed by atoms with Gasteiger partial charge in [-0.15, -0.1) is 0 Å². The van der Waals surface area contributed by atoms with E-state index in [0.717, 1.165) is 18.2 Å². The second kappa shape index (κ2) is 6.99. The van der Waals surface area contributed by atoms with Gasteiger partial charge in [0.15, 0.2) is 0 Å². The lowest BCUT2D eigenvalue weighted by Gasteiger charge is -2.09. The van der Waals surface area contributed by atoms with Crippen LogP contribution in [0, 0.1) is 5.82 Å². The van der Waals surface area contributed by atoms with Crippen molar-refractivity contribution in [2.45, 2.75) is 0 Å². The highest BCUT2D eigenvalue weighted by Crippen LogP contribution is 2.16. The minimum atomic E-state index is -3.46. The van der Waals surface area contributed by atoms with Crippen LogP contribution in [0.15, 0.2) is 18.2 Å². The quantitative estimate of drug-likeness (QED) is 0.596. The van der Waals surface area contributed by atoms with Crippen LogP contribution in [-0.2, 0) is 10.0 Å². The van der Waals surface area contributed by atoms with Crippen LogP contribution in [0.2, 0.25) is 0 Å². The smallest absolute Gasteiger partial charge is 0.335 e. The zero-order valence-corrected chi connectivity index (χ0v) is 11.8. The molecule has 10 heteroatoms. The molecule has 1 aromatic rings. The summed E-state index contributed by atoms with van der Waals surface area (Å²) in [5.41, 5.74) is -0.506. The first-order chi connectivity index (χ1) is 9.75. The Morgan fingerprint density at radius 3 is 2.57 bits per heavy atom. The van der Waals surface area contributed by atoms with Crippen molar-refractivity contribution in [1.82, 2.24) is 10.0 Å². The maximum Gasteiger partial charge on any atom is 0.335 e. The molecule has 8 nitrogen and oxygen atoms in total. The zero-order chi connectivity index (χ0) is 16.0. The first kappa shape index (κ1) is 16.9. The molecule has 0 radical (unpaired) electrons. The molecule has 21 heavy (non-hydrogen) atoms. The number of hydrogen-bond donors (Lipinski definition) is 4. The molecule has 0 atom stereocenters. The maximum atomic E-state index is 13.4. The Bertz CT molecular complexity index is 647. The second-order valence-corrected chi connectivity index (χ2v) is 5.95. The van der Waals surface area contributed by atoms with E-state index in [-0.39, 0.29) is 23.5 Å². The van der Waals surface area contributed by atoms with Gasteiger partial charge in [-0.3, -0.25) is 0 Å². The van der Waals surface area contributed by atoms with Crippen LogP contribution >= 0.6 is 0 Å². The summed E-state index contributed by atoms with van der Waals surface area (Å²) in [5, 5.41) is 13.1. The highest BCUT2D eigenvalue weighted by Gasteiger charge is 2.12. The molecule has 0 saturated heterocycles. The number of carboxylic acid groups (broad SMARTS) is 1. The summed E-state index contributed by atoms with van der Waals surface area (Å²) in [6.07, 6.45) is 0. The van der Waals surface area contributed by atoms with Gasteiger partial charge in [0.1, 0.15) is 5.82 Å². The summed E-state index contributed by atoms with van der Waals surface area (Å²) < 4.78 is 37.7. The molecule has 0 unspecified atom stereocenters. The Labute approximate surface area is 120 Å². The van der Waals surface area contributed by atoms with Gasteiger partial charge in [0.2, 0.25) is 10.0 Å². The predicted octanol–water partition coefficient (Wildman–Crippen LogP) is 0.195. The predicted molar refractivity (Wildman–Crippen MR) is 73.2 cm³/mol. The molecule has 1 rings (SSSR count). The number of urea groups is 1. The molecule has 0 aliphatic carbocycles. The summed E-state index contributed by atoms with van der Waals surface area (Å²) in [6.45, 7) is -0.185. The summed E-state index contributed by atoms with van der Waals surface area (Å²) in [7, 11) is -2.22. The van der Waals surface area contributed by atoms with Crippen LogP contribution in [0.4, 0.5) is 14.9 Å². The summed E-state index contributed by atoms with van der Waals surface area (Å²) in [6, 6.07) is 2.08. The van der Waals surface area contributed by atoms with Crippen molar-refractivity contribution >= 4 is 27.7 Å². The van der Waals surface area contributed by atoms with E-state index in [4.69, 9.17) is 5.11 Å². The number of carbonyl (C=O) groups excluding carboxylic acids is 1. The van der Waals surface area contributed by atoms with E-state index in [9.17, 15) is 22.4 Å². The summed E-state index contributed by atoms with van der Waals surface area (Å²) >= 11 is 0. The molecule has 0 aromatic heterocycles. The Hall–Kier alpha value is -2.20. The van der Waals surface area contributed by atoms with Gasteiger partial charge in [-0.1, -0.05) is 0 Å². The molecular weight excluding hydrogens is 305 g/mol. The number of amides is 2. The molecule has 0 saturated carbocycles. The van der Waals surface area contributed by atoms with Crippen LogP contribution in [0.1, 0.15) is 10.4 Å². The zero-order valence-electron chi connectivity index (χ0n) is 11.0. The van der Waals surface area contributed by atoms with E-state index in [2.05, 4.69) is 15.4 Å². The minimum absolute atomic E-state index is 0.185. The van der Waals surface area contributed by atoms with Crippen LogP contribution < -0.4 is 15.4 Å². The van der Waals surface area contributed by atoms with E-state index in [1.807, 2.05) is 0 Å². The third-order valence-electron chi connectivity index (χ3n) is 2.43. The summed E-state index contributed by atoms with van der Waals surface area (Å²) in [4.78, 5) is 22.2. The SMILES string of the molecule is CNS(=O)(=O)CCNC(=O)Nc1cc(C(=O)O)ccc1F. The fourth-order valence-corrected chi connectivity index (χ4v) is 1.90. The lowest BCUT2D eigenvalue weighted by atomic mass is 10.2. The monoisotopic (exact) mass is 319 g/mol. The molecule has 4 N–H and O–H groups in total. The van der Waals surface area contributed by atoms with E-state index in [1.165, 1.54) is 7.05 Å². The molecule has 0 aliphatic rings. The number of nitrogens with one attached hydrogen (secondary N) is 3. The molecule has 2 amide bonds. The van der Waals surface area contributed by atoms with Gasteiger partial charge in [-0.25, -0.2) is 27.1 Å². The first-order valence-electron chi connectivity index (χ1n) is 5.74. The number of carbonyl (C=O) groups is 2. The second-order valence-electron chi connectivity index (χ2n) is 3.90. The fourth-order valence-electron chi connectivity index (χ4n) is 1.32. The van der Waals surface area contributed by atoms with Crippen molar-refractivity contribution < 1.29 is 27.5 Å². The molecule has 0 aliphatic heterocycles. The number of hydrogen-bond acceptors (Lipinski definition) is 4. The van der Waals surface area contributed by atoms with Crippen molar-refractivity contribution in [3.8, 4) is 0 Å². The number of anilines is 1. The largest absolute Gasteiger partial charge is 0.478 e. The van der Waals surface area contributed by atoms with Crippen molar-refractivity contribution in [3.05, 3.63) is 29.6 Å². The van der Waals surface area contributed by atoms with Crippen LogP contribution in [0.3, 0.4) is 0 Å². The van der Waals surface area contributed by atoms with Crippen molar-refractivity contribution in [2.75, 3.05) is 24.7 Å². The molecule has 0 spiro atoms. The number of rotatable bonds is 6. The Kier molecular flexibility index (Phi) is 5.61. The van der Waals surface area contributed by atoms with E-state index in [1.54, 1.807) is 0 Å². The standard InChI is InChI=1S/C11H14FN3O5S/c1-13-21(19,20)5-4-14-11(18)15-9-6-7(10(16)17)2-3-8(9)12/h2-3,6,13H,4-5H2,1H3,(H,16,17)(H2,14,15,18). The van der Waals surface area contributed by atoms with E-state index >= 15 is 0 Å². The molecule has 0 heterocycles. The van der Waals surface area contributed by atoms with Crippen LogP contribution in [-0.4, -0.2) is 44.9 Å². The van der Waals surface area contributed by atoms with Gasteiger partial charge in [-0.05, 0) is 25.2 Å². The van der Waals surface area contributed by atoms with E-state index < -0.39 is 27.8 Å². The average molecular weight is 319 g/mol. The Balaban J connectivity index is 2.63. The highest BCUT2D eigenvalue weighted by atomic mass is 32.2. The molecular formula is C11H14FN3O5S. The average Bonchev–Trinajstić information content (AvgIpc) is 2.40. The van der Waals surface area contributed by atoms with Crippen molar-refractivity contribution in [3.63, 3.8) is 0 Å². The number of aromatic carboxylic acids is 1. The van der Waals surface area contributed by atoms with Gasteiger partial charge in [0.05, 0.1) is 17.0 Å². The minimum Gasteiger partial charge on any atom is -0.478 e. The molecule has 116 valence electrons. The maximum absolute atomic E-state index is 13.4. The fraction of sp³-hybridized carbons (Fsp3) is 0.273. The first-order valence-corrected chi connectivity index (χ1v) is 7.39. The summed E-state index contributed by atoms with van der Waals surface area (Å²) in [5.74, 6) is -2.41. The van der Waals surface area contributed by atoms with Gasteiger partial charge in [-0.2, -0.15) is 0 Å². The normalized spacial score (nSPS) is 11.0. The lowest BCUT2D eigenvalue weighted by molar-refractivity contribution is 0.0697. The number of benzene rings is 1. The lowest BCUT2D eigenvalue weighted by Crippen LogP contribution is -2.35. The Morgan fingerprint density at radius 1 is 1.33 bits per heavy atom. The third kappa shape index (κ3) is 5.36. The van der Waals surface area contributed by atoms with Crippen LogP contribution in [0.25, 0.3) is 0 Å². The van der Waals surface area contributed by atoms with E-state index in [0.29, 0.717) is 0 Å². The number of halogens is 1. The molecule has 0 bridgehead atoms. The third-order valence-corrected chi connectivity index (χ3v) is 3.79. The van der Waals surface area contributed by atoms with Crippen LogP contribution in [0.5, 0.6) is 0 Å². The van der Waals surface area contributed by atoms with Gasteiger partial charge < -0.3 is 15.7 Å². The number of sulfonamides is 1. The highest BCUT2D eigenvalue weighted by molar-refractivity contribution is 7.89. The number of carboxylic acids is 1. The Morgan fingerprint density at radius 2 is 2.00 bits per heavy atom. The van der Waals surface area contributed by atoms with Gasteiger partial charge >= 0.3 is 12.0 Å². The van der Waals surface area contributed by atoms with Crippen molar-refractivity contribution in [2.24, 2.45) is 0 Å². The van der Waals surface area contributed by atoms with Gasteiger partial charge in [0, 0.05) is 6.54 Å². The topological polar surface area (TPSA) is 125 Å². The van der Waals surface area contributed by atoms with Gasteiger partial charge in [0.25, 0.3) is 0 Å². The molecule has 0 fully saturated rings.